The number of ether oxygens (including phenoxy) is 2. The lowest BCUT2D eigenvalue weighted by Crippen LogP contribution is -2.52. The van der Waals surface area contributed by atoms with Gasteiger partial charge in [0.25, 0.3) is 0 Å². The molecule has 0 bridgehead atoms. The average molecular weight is 358 g/mol. The van der Waals surface area contributed by atoms with E-state index in [2.05, 4.69) is 0 Å². The number of sulfonamides is 1. The Bertz CT molecular complexity index is 739. The molecule has 0 spiro atoms. The Morgan fingerprint density at radius 2 is 1.71 bits per heavy atom. The fraction of sp³-hybridized carbons (Fsp3) is 0.429. The molecule has 1 amide bonds. The maximum atomic E-state index is 12.8. The van der Waals surface area contributed by atoms with Crippen molar-refractivity contribution in [2.75, 3.05) is 40.4 Å². The Kier molecular flexibility index (Phi) is 5.30. The summed E-state index contributed by atoms with van der Waals surface area (Å²) in [7, 11) is -1.07. The highest BCUT2D eigenvalue weighted by Gasteiger charge is 2.33. The number of aliphatic carboxylic acids is 1. The fourth-order valence-corrected chi connectivity index (χ4v) is 3.98. The molecule has 132 valence electrons. The molecule has 1 aliphatic heterocycles. The van der Waals surface area contributed by atoms with Crippen LogP contribution in [0.1, 0.15) is 0 Å². The summed E-state index contributed by atoms with van der Waals surface area (Å²) in [5.74, 6) is -2.04. The predicted octanol–water partition coefficient (Wildman–Crippen LogP) is -0.379. The van der Waals surface area contributed by atoms with Crippen molar-refractivity contribution >= 4 is 21.9 Å². The van der Waals surface area contributed by atoms with Gasteiger partial charge in [-0.2, -0.15) is 4.31 Å². The fourth-order valence-electron chi connectivity index (χ4n) is 2.39. The molecule has 0 unspecified atom stereocenters. The Balaban J connectivity index is 2.24. The smallest absolute Gasteiger partial charge is 0.394 e. The summed E-state index contributed by atoms with van der Waals surface area (Å²) in [6, 6.07) is 4.44. The summed E-state index contributed by atoms with van der Waals surface area (Å²) in [6.07, 6.45) is 0. The van der Waals surface area contributed by atoms with Crippen LogP contribution in [0, 0.1) is 0 Å². The third-order valence-corrected chi connectivity index (χ3v) is 5.62. The second-order valence-corrected chi connectivity index (χ2v) is 6.92. The zero-order valence-corrected chi connectivity index (χ0v) is 14.1. The van der Waals surface area contributed by atoms with Crippen molar-refractivity contribution in [2.45, 2.75) is 4.90 Å². The van der Waals surface area contributed by atoms with Gasteiger partial charge in [-0.05, 0) is 12.1 Å². The first kappa shape index (κ1) is 18.0. The van der Waals surface area contributed by atoms with Gasteiger partial charge in [0.05, 0.1) is 14.2 Å². The van der Waals surface area contributed by atoms with Crippen LogP contribution in [0.4, 0.5) is 0 Å². The van der Waals surface area contributed by atoms with Gasteiger partial charge in [-0.1, -0.05) is 0 Å². The molecular formula is C14H18N2O7S. The maximum absolute atomic E-state index is 12.8. The van der Waals surface area contributed by atoms with Gasteiger partial charge in [0.2, 0.25) is 10.0 Å². The number of rotatable bonds is 4. The van der Waals surface area contributed by atoms with Crippen LogP contribution in [0.25, 0.3) is 0 Å². The zero-order valence-electron chi connectivity index (χ0n) is 13.3. The van der Waals surface area contributed by atoms with Gasteiger partial charge in [-0.3, -0.25) is 4.79 Å². The van der Waals surface area contributed by atoms with Crippen molar-refractivity contribution in [3.8, 4) is 11.5 Å². The van der Waals surface area contributed by atoms with E-state index in [0.717, 1.165) is 4.90 Å². The molecule has 1 aliphatic rings. The number of piperazine rings is 1. The SMILES string of the molecule is COc1ccc(OC)c(S(=O)(=O)N2CCN(C(=O)C(=O)O)CC2)c1. The maximum Gasteiger partial charge on any atom is 0.394 e. The lowest BCUT2D eigenvalue weighted by Gasteiger charge is -2.33. The monoisotopic (exact) mass is 358 g/mol. The summed E-state index contributed by atoms with van der Waals surface area (Å²) in [5, 5.41) is 8.71. The standard InChI is InChI=1S/C14H18N2O7S/c1-22-10-3-4-11(23-2)12(9-10)24(20,21)16-7-5-15(6-8-16)13(17)14(18)19/h3-4,9H,5-8H2,1-2H3,(H,18,19). The second-order valence-electron chi connectivity index (χ2n) is 5.02. The van der Waals surface area contributed by atoms with E-state index in [1.807, 2.05) is 0 Å². The summed E-state index contributed by atoms with van der Waals surface area (Å²) < 4.78 is 37.0. The normalized spacial score (nSPS) is 15.8. The molecule has 1 aromatic rings. The van der Waals surface area contributed by atoms with Crippen LogP contribution < -0.4 is 9.47 Å². The van der Waals surface area contributed by atoms with E-state index in [4.69, 9.17) is 14.6 Å². The Morgan fingerprint density at radius 1 is 1.08 bits per heavy atom. The van der Waals surface area contributed by atoms with Gasteiger partial charge in [0.15, 0.2) is 0 Å². The Morgan fingerprint density at radius 3 is 2.21 bits per heavy atom. The molecule has 1 aromatic carbocycles. The van der Waals surface area contributed by atoms with Crippen LogP contribution in [0.15, 0.2) is 23.1 Å². The molecule has 1 fully saturated rings. The van der Waals surface area contributed by atoms with Crippen LogP contribution in [0.2, 0.25) is 0 Å². The molecule has 9 nitrogen and oxygen atoms in total. The van der Waals surface area contributed by atoms with Crippen molar-refractivity contribution in [3.05, 3.63) is 18.2 Å². The molecule has 24 heavy (non-hydrogen) atoms. The van der Waals surface area contributed by atoms with E-state index in [9.17, 15) is 18.0 Å². The molecule has 0 atom stereocenters. The number of methoxy groups -OCH3 is 2. The first-order valence-corrected chi connectivity index (χ1v) is 8.49. The summed E-state index contributed by atoms with van der Waals surface area (Å²) in [5.41, 5.74) is 0. The van der Waals surface area contributed by atoms with E-state index < -0.39 is 21.9 Å². The van der Waals surface area contributed by atoms with Crippen LogP contribution in [0.5, 0.6) is 11.5 Å². The molecular weight excluding hydrogens is 340 g/mol. The van der Waals surface area contributed by atoms with Crippen LogP contribution in [-0.2, 0) is 19.6 Å². The first-order valence-electron chi connectivity index (χ1n) is 7.05. The molecule has 0 radical (unpaired) electrons. The van der Waals surface area contributed by atoms with Gasteiger partial charge < -0.3 is 19.5 Å². The van der Waals surface area contributed by atoms with Crippen molar-refractivity contribution in [3.63, 3.8) is 0 Å². The number of benzene rings is 1. The number of carbonyl (C=O) groups is 2. The van der Waals surface area contributed by atoms with Gasteiger partial charge in [0, 0.05) is 32.2 Å². The molecule has 2 rings (SSSR count). The quantitative estimate of drug-likeness (QED) is 0.730. The number of nitrogens with zero attached hydrogens (tertiary/aromatic N) is 2. The predicted molar refractivity (Wildman–Crippen MR) is 82.5 cm³/mol. The van der Waals surface area contributed by atoms with Crippen LogP contribution >= 0.6 is 0 Å². The largest absolute Gasteiger partial charge is 0.497 e. The number of carbonyl (C=O) groups excluding carboxylic acids is 1. The van der Waals surface area contributed by atoms with Gasteiger partial charge in [-0.25, -0.2) is 13.2 Å². The highest BCUT2D eigenvalue weighted by Crippen LogP contribution is 2.31. The molecule has 10 heteroatoms. The molecule has 0 aromatic heterocycles. The van der Waals surface area contributed by atoms with E-state index in [-0.39, 0.29) is 36.8 Å². The lowest BCUT2D eigenvalue weighted by molar-refractivity contribution is -0.156. The molecule has 1 heterocycles. The second kappa shape index (κ2) is 7.05. The van der Waals surface area contributed by atoms with Gasteiger partial charge in [0.1, 0.15) is 16.4 Å². The van der Waals surface area contributed by atoms with E-state index in [0.29, 0.717) is 5.75 Å². The van der Waals surface area contributed by atoms with E-state index in [1.165, 1.54) is 30.7 Å². The summed E-state index contributed by atoms with van der Waals surface area (Å²) in [6.45, 7) is 0.0245. The van der Waals surface area contributed by atoms with Crippen molar-refractivity contribution < 1.29 is 32.6 Å². The van der Waals surface area contributed by atoms with Gasteiger partial charge in [-0.15, -0.1) is 0 Å². The van der Waals surface area contributed by atoms with Crippen molar-refractivity contribution in [1.29, 1.82) is 0 Å². The summed E-state index contributed by atoms with van der Waals surface area (Å²) in [4.78, 5) is 23.2. The number of hydrogen-bond donors (Lipinski definition) is 1. The van der Waals surface area contributed by atoms with Crippen LogP contribution in [0.3, 0.4) is 0 Å². The topological polar surface area (TPSA) is 113 Å². The summed E-state index contributed by atoms with van der Waals surface area (Å²) >= 11 is 0. The minimum absolute atomic E-state index is 0.00170. The molecule has 0 aliphatic carbocycles. The van der Waals surface area contributed by atoms with E-state index >= 15 is 0 Å². The Labute approximate surface area is 139 Å². The molecule has 1 N–H and O–H groups in total. The van der Waals surface area contributed by atoms with Gasteiger partial charge >= 0.3 is 11.9 Å². The lowest BCUT2D eigenvalue weighted by atomic mass is 10.3. The molecule has 0 saturated carbocycles. The number of hydrogen-bond acceptors (Lipinski definition) is 6. The highest BCUT2D eigenvalue weighted by molar-refractivity contribution is 7.89. The third kappa shape index (κ3) is 3.44. The van der Waals surface area contributed by atoms with E-state index in [1.54, 1.807) is 6.07 Å². The zero-order chi connectivity index (χ0) is 17.9. The highest BCUT2D eigenvalue weighted by atomic mass is 32.2. The first-order chi connectivity index (χ1) is 11.3. The van der Waals surface area contributed by atoms with Crippen LogP contribution in [-0.4, -0.2) is 75.0 Å². The number of carboxylic acid groups (broad SMARTS) is 1. The minimum atomic E-state index is -3.86. The Hall–Kier alpha value is -2.33. The third-order valence-electron chi connectivity index (χ3n) is 3.70. The number of carboxylic acids is 1. The average Bonchev–Trinajstić information content (AvgIpc) is 2.60. The molecule has 1 saturated heterocycles. The minimum Gasteiger partial charge on any atom is -0.497 e. The number of amides is 1. The van der Waals surface area contributed by atoms with Crippen molar-refractivity contribution in [1.82, 2.24) is 9.21 Å². The van der Waals surface area contributed by atoms with Crippen molar-refractivity contribution in [2.24, 2.45) is 0 Å².